The summed E-state index contributed by atoms with van der Waals surface area (Å²) in [4.78, 5) is 9.76. The van der Waals surface area contributed by atoms with E-state index in [-0.39, 0.29) is 0 Å². The number of hydrogen-bond acceptors (Lipinski definition) is 4. The summed E-state index contributed by atoms with van der Waals surface area (Å²) in [6.45, 7) is 3.11. The van der Waals surface area contributed by atoms with E-state index in [9.17, 15) is 4.79 Å². The number of aromatic hydroxyl groups is 1. The minimum Gasteiger partial charge on any atom is -0.508 e. The van der Waals surface area contributed by atoms with E-state index >= 15 is 0 Å². The Bertz CT molecular complexity index is 259. The average Bonchev–Trinajstić information content (AvgIpc) is 2.19. The van der Waals surface area contributed by atoms with Crippen molar-refractivity contribution in [2.45, 2.75) is 0 Å². The normalized spacial score (nSPS) is 7.77. The molecule has 0 saturated carbocycles. The zero-order valence-corrected chi connectivity index (χ0v) is 7.78. The van der Waals surface area contributed by atoms with E-state index in [1.807, 2.05) is 6.07 Å². The fourth-order valence-corrected chi connectivity index (χ4v) is 0.540. The number of hydrogen-bond donors (Lipinski definition) is 2. The molecule has 0 atom stereocenters. The summed E-state index contributed by atoms with van der Waals surface area (Å²) >= 11 is 3.17. The summed E-state index contributed by atoms with van der Waals surface area (Å²) in [5.41, 5.74) is 0. The zero-order valence-electron chi connectivity index (χ0n) is 6.88. The first-order valence-corrected chi connectivity index (χ1v) is 3.79. The van der Waals surface area contributed by atoms with Gasteiger partial charge in [-0.25, -0.2) is 4.79 Å². The minimum absolute atomic E-state index is 0.322. The van der Waals surface area contributed by atoms with Gasteiger partial charge in [0.15, 0.2) is 0 Å². The molecule has 0 aliphatic rings. The van der Waals surface area contributed by atoms with E-state index in [0.29, 0.717) is 5.75 Å². The lowest BCUT2D eigenvalue weighted by Gasteiger charge is -1.82. The molecule has 0 spiro atoms. The monoisotopic (exact) mass is 198 g/mol. The molecule has 0 aliphatic carbocycles. The van der Waals surface area contributed by atoms with Crippen LogP contribution in [-0.4, -0.2) is 11.1 Å². The molecule has 1 rings (SSSR count). The van der Waals surface area contributed by atoms with Gasteiger partial charge in [0.05, 0.1) is 0 Å². The highest BCUT2D eigenvalue weighted by Gasteiger charge is 1.83. The molecule has 0 fully saturated rings. The Morgan fingerprint density at radius 3 is 2.15 bits per heavy atom. The molecular formula is C9H10O3S. The van der Waals surface area contributed by atoms with Crippen LogP contribution in [0.4, 0.5) is 0 Å². The summed E-state index contributed by atoms with van der Waals surface area (Å²) in [5, 5.41) is 8.63. The number of thiol groups is 1. The van der Waals surface area contributed by atoms with E-state index in [2.05, 4.69) is 23.7 Å². The Morgan fingerprint density at radius 2 is 2.00 bits per heavy atom. The third-order valence-corrected chi connectivity index (χ3v) is 1.19. The number of phenolic OH excluding ortho intramolecular Hbond substituents is 1. The second-order valence-electron chi connectivity index (χ2n) is 1.95. The number of carbonyl (C=O) groups is 1. The van der Waals surface area contributed by atoms with Gasteiger partial charge in [-0.15, -0.1) is 0 Å². The molecule has 0 radical (unpaired) electrons. The second kappa shape index (κ2) is 7.24. The number of rotatable bonds is 1. The van der Waals surface area contributed by atoms with Gasteiger partial charge in [-0.3, -0.25) is 0 Å². The number of para-hydroxylation sites is 1. The summed E-state index contributed by atoms with van der Waals surface area (Å²) in [5.74, 6) is -0.208. The first-order valence-electron chi connectivity index (χ1n) is 3.42. The van der Waals surface area contributed by atoms with E-state index in [4.69, 9.17) is 5.11 Å². The van der Waals surface area contributed by atoms with Gasteiger partial charge in [0.25, 0.3) is 0 Å². The van der Waals surface area contributed by atoms with Crippen LogP contribution in [-0.2, 0) is 8.98 Å². The highest BCUT2D eigenvalue weighted by Crippen LogP contribution is 2.02. The van der Waals surface area contributed by atoms with Crippen molar-refractivity contribution >= 4 is 18.9 Å². The fraction of sp³-hybridized carbons (Fsp3) is 0. The Labute approximate surface area is 82.3 Å². The molecule has 0 aliphatic heterocycles. The van der Waals surface area contributed by atoms with Crippen molar-refractivity contribution in [3.05, 3.63) is 43.0 Å². The maximum atomic E-state index is 9.76. The maximum Gasteiger partial charge on any atom is 0.341 e. The largest absolute Gasteiger partial charge is 0.508 e. The lowest BCUT2D eigenvalue weighted by Crippen LogP contribution is -1.86. The Kier molecular flexibility index (Phi) is 6.45. The molecule has 4 heteroatoms. The van der Waals surface area contributed by atoms with Gasteiger partial charge < -0.3 is 9.29 Å². The van der Waals surface area contributed by atoms with Crippen LogP contribution in [0.15, 0.2) is 43.0 Å². The quantitative estimate of drug-likeness (QED) is 0.412. The first-order chi connectivity index (χ1) is 6.20. The Balaban J connectivity index is 0.000000226. The van der Waals surface area contributed by atoms with Crippen molar-refractivity contribution in [2.75, 3.05) is 0 Å². The smallest absolute Gasteiger partial charge is 0.341 e. The Morgan fingerprint density at radius 1 is 1.46 bits per heavy atom. The van der Waals surface area contributed by atoms with Crippen LogP contribution in [0.5, 0.6) is 5.75 Å². The van der Waals surface area contributed by atoms with Crippen molar-refractivity contribution < 1.29 is 14.1 Å². The van der Waals surface area contributed by atoms with Crippen LogP contribution < -0.4 is 0 Å². The van der Waals surface area contributed by atoms with Crippen LogP contribution in [0.1, 0.15) is 0 Å². The predicted octanol–water partition coefficient (Wildman–Crippen LogP) is 1.95. The van der Waals surface area contributed by atoms with E-state index in [1.165, 1.54) is 0 Å². The van der Waals surface area contributed by atoms with Crippen molar-refractivity contribution in [1.82, 2.24) is 0 Å². The average molecular weight is 198 g/mol. The van der Waals surface area contributed by atoms with Crippen LogP contribution in [0, 0.1) is 0 Å². The molecule has 0 heterocycles. The summed E-state index contributed by atoms with van der Waals surface area (Å²) < 4.78 is 3.84. The highest BCUT2D eigenvalue weighted by atomic mass is 32.1. The predicted molar refractivity (Wildman–Crippen MR) is 53.4 cm³/mol. The van der Waals surface area contributed by atoms with Crippen molar-refractivity contribution in [2.24, 2.45) is 0 Å². The molecule has 0 bridgehead atoms. The van der Waals surface area contributed by atoms with Crippen LogP contribution in [0.25, 0.3) is 0 Å². The van der Waals surface area contributed by atoms with E-state index < -0.39 is 5.97 Å². The lowest BCUT2D eigenvalue weighted by molar-refractivity contribution is -0.127. The molecule has 0 amide bonds. The summed E-state index contributed by atoms with van der Waals surface area (Å²) in [6, 6.07) is 8.71. The molecule has 0 unspecified atom stereocenters. The molecular weight excluding hydrogens is 188 g/mol. The van der Waals surface area contributed by atoms with Gasteiger partial charge in [0.1, 0.15) is 5.75 Å². The van der Waals surface area contributed by atoms with Crippen molar-refractivity contribution in [1.29, 1.82) is 0 Å². The third-order valence-electron chi connectivity index (χ3n) is 1.01. The summed E-state index contributed by atoms with van der Waals surface area (Å²) in [6.07, 6.45) is 1.03. The van der Waals surface area contributed by atoms with Gasteiger partial charge in [0, 0.05) is 19.0 Å². The van der Waals surface area contributed by atoms with Gasteiger partial charge in [-0.1, -0.05) is 24.8 Å². The van der Waals surface area contributed by atoms with Gasteiger partial charge in [-0.05, 0) is 12.1 Å². The summed E-state index contributed by atoms with van der Waals surface area (Å²) in [7, 11) is 0. The van der Waals surface area contributed by atoms with E-state index in [0.717, 1.165) is 6.08 Å². The van der Waals surface area contributed by atoms with Crippen LogP contribution >= 0.6 is 12.9 Å². The van der Waals surface area contributed by atoms with Gasteiger partial charge in [-0.2, -0.15) is 0 Å². The lowest BCUT2D eigenvalue weighted by atomic mass is 10.3. The molecule has 0 saturated heterocycles. The number of phenols is 1. The van der Waals surface area contributed by atoms with Crippen molar-refractivity contribution in [3.63, 3.8) is 0 Å². The number of benzene rings is 1. The Hall–Kier alpha value is -1.42. The molecule has 3 nitrogen and oxygen atoms in total. The van der Waals surface area contributed by atoms with Gasteiger partial charge in [0.2, 0.25) is 0 Å². The molecule has 1 aromatic carbocycles. The SMILES string of the molecule is C=CC(=O)OS.Oc1ccccc1. The van der Waals surface area contributed by atoms with Crippen LogP contribution in [0.3, 0.4) is 0 Å². The highest BCUT2D eigenvalue weighted by molar-refractivity contribution is 7.75. The second-order valence-corrected chi connectivity index (χ2v) is 2.13. The molecule has 0 aromatic heterocycles. The van der Waals surface area contributed by atoms with Crippen LogP contribution in [0.2, 0.25) is 0 Å². The molecule has 70 valence electrons. The zero-order chi connectivity index (χ0) is 10.1. The topological polar surface area (TPSA) is 46.5 Å². The standard InChI is InChI=1S/C6H6O.C3H4O2S/c7-6-4-2-1-3-5-6;1-2-3(4)5-6/h1-5,7H;2,6H,1H2. The van der Waals surface area contributed by atoms with Gasteiger partial charge >= 0.3 is 5.97 Å². The fourth-order valence-electron chi connectivity index (χ4n) is 0.465. The molecule has 1 N–H and O–H groups in total. The van der Waals surface area contributed by atoms with E-state index in [1.54, 1.807) is 24.3 Å². The molecule has 1 aromatic rings. The van der Waals surface area contributed by atoms with Crippen molar-refractivity contribution in [3.8, 4) is 5.75 Å². The minimum atomic E-state index is -0.529. The first kappa shape index (κ1) is 11.6. The maximum absolute atomic E-state index is 9.76. The molecule has 13 heavy (non-hydrogen) atoms. The third kappa shape index (κ3) is 6.96. The number of carbonyl (C=O) groups excluding carboxylic acids is 1.